The Balaban J connectivity index is 1.44. The summed E-state index contributed by atoms with van der Waals surface area (Å²) in [6.45, 7) is 2.70. The van der Waals surface area contributed by atoms with E-state index in [1.54, 1.807) is 0 Å². The number of nitrogens with zero attached hydrogens (tertiary/aromatic N) is 2. The third kappa shape index (κ3) is 4.71. The second kappa shape index (κ2) is 8.15. The molecule has 1 aromatic heterocycles. The van der Waals surface area contributed by atoms with Gasteiger partial charge in [-0.25, -0.2) is 4.98 Å². The summed E-state index contributed by atoms with van der Waals surface area (Å²) in [6, 6.07) is 11.7. The van der Waals surface area contributed by atoms with Gasteiger partial charge in [0.25, 0.3) is 0 Å². The predicted molar refractivity (Wildman–Crippen MR) is 97.3 cm³/mol. The van der Waals surface area contributed by atoms with Crippen LogP contribution in [0.4, 0.5) is 5.82 Å². The van der Waals surface area contributed by atoms with E-state index >= 15 is 0 Å². The summed E-state index contributed by atoms with van der Waals surface area (Å²) in [4.78, 5) is 18.8. The van der Waals surface area contributed by atoms with Gasteiger partial charge in [0.2, 0.25) is 5.91 Å². The molecule has 0 radical (unpaired) electrons. The Kier molecular flexibility index (Phi) is 5.70. The van der Waals surface area contributed by atoms with E-state index < -0.39 is 0 Å². The highest BCUT2D eigenvalue weighted by atomic mass is 35.5. The van der Waals surface area contributed by atoms with Crippen LogP contribution in [0.25, 0.3) is 0 Å². The summed E-state index contributed by atoms with van der Waals surface area (Å²) in [5, 5.41) is 3.65. The monoisotopic (exact) mass is 343 g/mol. The second-order valence-corrected chi connectivity index (χ2v) is 6.56. The van der Waals surface area contributed by atoms with E-state index in [-0.39, 0.29) is 5.91 Å². The highest BCUT2D eigenvalue weighted by molar-refractivity contribution is 6.30. The first-order valence-electron chi connectivity index (χ1n) is 8.42. The maximum atomic E-state index is 12.0. The van der Waals surface area contributed by atoms with E-state index in [4.69, 9.17) is 11.6 Å². The van der Waals surface area contributed by atoms with Gasteiger partial charge in [-0.15, -0.1) is 0 Å². The molecule has 1 aliphatic rings. The van der Waals surface area contributed by atoms with Crippen LogP contribution in [-0.4, -0.2) is 24.0 Å². The number of hydrogen-bond acceptors (Lipinski definition) is 3. The smallest absolute Gasteiger partial charge is 0.220 e. The SMILES string of the molecule is O=C(CCc1cccc(Cl)c1)NCc1ccc(N2CCCC2)nc1. The quantitative estimate of drug-likeness (QED) is 0.871. The number of hydrogen-bond donors (Lipinski definition) is 1. The summed E-state index contributed by atoms with van der Waals surface area (Å²) >= 11 is 5.95. The molecular weight excluding hydrogens is 322 g/mol. The van der Waals surface area contributed by atoms with Gasteiger partial charge in [0.15, 0.2) is 0 Å². The molecule has 0 unspecified atom stereocenters. The molecule has 0 aliphatic carbocycles. The van der Waals surface area contributed by atoms with Gasteiger partial charge < -0.3 is 10.2 Å². The van der Waals surface area contributed by atoms with Crippen molar-refractivity contribution in [3.8, 4) is 0 Å². The molecule has 0 saturated carbocycles. The third-order valence-corrected chi connectivity index (χ3v) is 4.49. The van der Waals surface area contributed by atoms with Crippen molar-refractivity contribution in [3.63, 3.8) is 0 Å². The second-order valence-electron chi connectivity index (χ2n) is 6.13. The van der Waals surface area contributed by atoms with Crippen LogP contribution in [0.5, 0.6) is 0 Å². The number of carbonyl (C=O) groups excluding carboxylic acids is 1. The van der Waals surface area contributed by atoms with Gasteiger partial charge in [0.05, 0.1) is 0 Å². The topological polar surface area (TPSA) is 45.2 Å². The van der Waals surface area contributed by atoms with Crippen LogP contribution in [0.3, 0.4) is 0 Å². The average Bonchev–Trinajstić information content (AvgIpc) is 3.13. The average molecular weight is 344 g/mol. The number of halogens is 1. The Morgan fingerprint density at radius 2 is 2.00 bits per heavy atom. The molecule has 0 bridgehead atoms. The van der Waals surface area contributed by atoms with Crippen molar-refractivity contribution < 1.29 is 4.79 Å². The van der Waals surface area contributed by atoms with Crippen molar-refractivity contribution in [1.29, 1.82) is 0 Å². The van der Waals surface area contributed by atoms with Crippen LogP contribution in [0.1, 0.15) is 30.4 Å². The zero-order valence-corrected chi connectivity index (χ0v) is 14.4. The fourth-order valence-electron chi connectivity index (χ4n) is 2.89. The van der Waals surface area contributed by atoms with E-state index in [0.717, 1.165) is 30.0 Å². The molecular formula is C19H22ClN3O. The highest BCUT2D eigenvalue weighted by Gasteiger charge is 2.13. The maximum absolute atomic E-state index is 12.0. The minimum Gasteiger partial charge on any atom is -0.357 e. The number of amides is 1. The first kappa shape index (κ1) is 16.8. The van der Waals surface area contributed by atoms with Gasteiger partial charge in [-0.05, 0) is 48.6 Å². The Morgan fingerprint density at radius 1 is 1.17 bits per heavy atom. The van der Waals surface area contributed by atoms with Crippen LogP contribution >= 0.6 is 11.6 Å². The Morgan fingerprint density at radius 3 is 2.71 bits per heavy atom. The third-order valence-electron chi connectivity index (χ3n) is 4.26. The molecule has 2 aromatic rings. The first-order valence-corrected chi connectivity index (χ1v) is 8.79. The van der Waals surface area contributed by atoms with Gasteiger partial charge in [-0.1, -0.05) is 29.8 Å². The van der Waals surface area contributed by atoms with E-state index in [9.17, 15) is 4.79 Å². The van der Waals surface area contributed by atoms with Gasteiger partial charge in [0.1, 0.15) is 5.82 Å². The van der Waals surface area contributed by atoms with Crippen molar-refractivity contribution in [1.82, 2.24) is 10.3 Å². The Bertz CT molecular complexity index is 681. The molecule has 2 heterocycles. The molecule has 1 aliphatic heterocycles. The molecule has 1 N–H and O–H groups in total. The predicted octanol–water partition coefficient (Wildman–Crippen LogP) is 3.58. The lowest BCUT2D eigenvalue weighted by Crippen LogP contribution is -2.23. The zero-order chi connectivity index (χ0) is 16.8. The van der Waals surface area contributed by atoms with Crippen molar-refractivity contribution in [3.05, 3.63) is 58.7 Å². The van der Waals surface area contributed by atoms with Crippen LogP contribution in [0, 0.1) is 0 Å². The summed E-state index contributed by atoms with van der Waals surface area (Å²) in [6.07, 6.45) is 5.49. The normalized spacial score (nSPS) is 14.0. The molecule has 24 heavy (non-hydrogen) atoms. The van der Waals surface area contributed by atoms with E-state index in [1.807, 2.05) is 42.6 Å². The summed E-state index contributed by atoms with van der Waals surface area (Å²) in [7, 11) is 0. The number of anilines is 1. The fraction of sp³-hybridized carbons (Fsp3) is 0.368. The number of nitrogens with one attached hydrogen (secondary N) is 1. The molecule has 1 fully saturated rings. The standard InChI is InChI=1S/C19H22ClN3O/c20-17-5-3-4-15(12-17)7-9-19(24)22-14-16-6-8-18(21-13-16)23-10-1-2-11-23/h3-6,8,12-13H,1-2,7,9-11,14H2,(H,22,24). The summed E-state index contributed by atoms with van der Waals surface area (Å²) in [5.74, 6) is 1.07. The minimum absolute atomic E-state index is 0.0404. The number of aryl methyl sites for hydroxylation is 1. The number of aromatic nitrogens is 1. The lowest BCUT2D eigenvalue weighted by Gasteiger charge is -2.16. The Labute approximate surface area is 147 Å². The van der Waals surface area contributed by atoms with E-state index in [0.29, 0.717) is 24.4 Å². The first-order chi connectivity index (χ1) is 11.7. The van der Waals surface area contributed by atoms with E-state index in [1.165, 1.54) is 12.8 Å². The van der Waals surface area contributed by atoms with Gasteiger partial charge in [0, 0.05) is 37.3 Å². The Hall–Kier alpha value is -2.07. The maximum Gasteiger partial charge on any atom is 0.220 e. The highest BCUT2D eigenvalue weighted by Crippen LogP contribution is 2.17. The fourth-order valence-corrected chi connectivity index (χ4v) is 3.11. The summed E-state index contributed by atoms with van der Waals surface area (Å²) < 4.78 is 0. The van der Waals surface area contributed by atoms with Crippen LogP contribution in [-0.2, 0) is 17.8 Å². The molecule has 1 aromatic carbocycles. The van der Waals surface area contributed by atoms with Gasteiger partial charge >= 0.3 is 0 Å². The number of carbonyl (C=O) groups is 1. The van der Waals surface area contributed by atoms with Crippen molar-refractivity contribution in [2.75, 3.05) is 18.0 Å². The van der Waals surface area contributed by atoms with Crippen LogP contribution < -0.4 is 10.2 Å². The summed E-state index contributed by atoms with van der Waals surface area (Å²) in [5.41, 5.74) is 2.10. The van der Waals surface area contributed by atoms with Crippen LogP contribution in [0.2, 0.25) is 5.02 Å². The molecule has 0 atom stereocenters. The molecule has 1 saturated heterocycles. The number of rotatable bonds is 6. The van der Waals surface area contributed by atoms with Crippen molar-refractivity contribution in [2.24, 2.45) is 0 Å². The molecule has 4 nitrogen and oxygen atoms in total. The molecule has 0 spiro atoms. The molecule has 5 heteroatoms. The molecule has 1 amide bonds. The van der Waals surface area contributed by atoms with Crippen LogP contribution in [0.15, 0.2) is 42.6 Å². The lowest BCUT2D eigenvalue weighted by atomic mass is 10.1. The number of pyridine rings is 1. The molecule has 126 valence electrons. The zero-order valence-electron chi connectivity index (χ0n) is 13.7. The largest absolute Gasteiger partial charge is 0.357 e. The van der Waals surface area contributed by atoms with Crippen molar-refractivity contribution in [2.45, 2.75) is 32.2 Å². The van der Waals surface area contributed by atoms with E-state index in [2.05, 4.69) is 15.2 Å². The van der Waals surface area contributed by atoms with Gasteiger partial charge in [-0.2, -0.15) is 0 Å². The van der Waals surface area contributed by atoms with Crippen molar-refractivity contribution >= 4 is 23.3 Å². The minimum atomic E-state index is 0.0404. The lowest BCUT2D eigenvalue weighted by molar-refractivity contribution is -0.121. The van der Waals surface area contributed by atoms with Gasteiger partial charge in [-0.3, -0.25) is 4.79 Å². The molecule has 3 rings (SSSR count). The number of benzene rings is 1.